The number of carbonyl (C=O) groups is 1. The van der Waals surface area contributed by atoms with Gasteiger partial charge >= 0.3 is 0 Å². The fourth-order valence-corrected chi connectivity index (χ4v) is 1.97. The van der Waals surface area contributed by atoms with Gasteiger partial charge in [0.1, 0.15) is 0 Å². The Hall–Kier alpha value is -1.66. The molecular formula is C12H18N4O2. The summed E-state index contributed by atoms with van der Waals surface area (Å²) >= 11 is 0. The number of amides is 1. The summed E-state index contributed by atoms with van der Waals surface area (Å²) in [5.74, 6) is 5.50. The highest BCUT2D eigenvalue weighted by Gasteiger charge is 2.16. The highest BCUT2D eigenvalue weighted by atomic mass is 16.5. The molecule has 2 rings (SSSR count). The van der Waals surface area contributed by atoms with Crippen LogP contribution in [0.4, 0.5) is 5.82 Å². The number of nitrogens with one attached hydrogen (secondary N) is 2. The summed E-state index contributed by atoms with van der Waals surface area (Å²) in [5.41, 5.74) is 2.85. The van der Waals surface area contributed by atoms with Crippen molar-refractivity contribution in [2.75, 3.05) is 18.6 Å². The Kier molecular flexibility index (Phi) is 4.49. The molecule has 1 aliphatic heterocycles. The molecule has 0 spiro atoms. The highest BCUT2D eigenvalue weighted by molar-refractivity contribution is 5.98. The van der Waals surface area contributed by atoms with Crippen LogP contribution in [0.2, 0.25) is 0 Å². The SMILES string of the molecule is NNc1ncccc1C(=O)NCC1CCCCO1. The fourth-order valence-electron chi connectivity index (χ4n) is 1.97. The number of nitrogens with two attached hydrogens (primary N) is 1. The quantitative estimate of drug-likeness (QED) is 0.540. The maximum Gasteiger partial charge on any atom is 0.255 e. The molecular weight excluding hydrogens is 232 g/mol. The Bertz CT molecular complexity index is 405. The standard InChI is InChI=1S/C12H18N4O2/c13-16-11-10(5-3-6-14-11)12(17)15-8-9-4-1-2-7-18-9/h3,5-6,9H,1-2,4,7-8,13H2,(H,14,16)(H,15,17). The van der Waals surface area contributed by atoms with Crippen LogP contribution in [0.3, 0.4) is 0 Å². The maximum absolute atomic E-state index is 12.0. The van der Waals surface area contributed by atoms with E-state index in [-0.39, 0.29) is 12.0 Å². The second-order valence-electron chi connectivity index (χ2n) is 4.24. The van der Waals surface area contributed by atoms with Crippen LogP contribution in [-0.4, -0.2) is 30.1 Å². The lowest BCUT2D eigenvalue weighted by Crippen LogP contribution is -2.35. The van der Waals surface area contributed by atoms with Crippen molar-refractivity contribution >= 4 is 11.7 Å². The molecule has 0 radical (unpaired) electrons. The van der Waals surface area contributed by atoms with E-state index >= 15 is 0 Å². The van der Waals surface area contributed by atoms with Gasteiger partial charge in [-0.25, -0.2) is 10.8 Å². The summed E-state index contributed by atoms with van der Waals surface area (Å²) < 4.78 is 5.55. The van der Waals surface area contributed by atoms with Crippen LogP contribution < -0.4 is 16.6 Å². The van der Waals surface area contributed by atoms with E-state index in [1.165, 1.54) is 0 Å². The molecule has 1 fully saturated rings. The number of hydrogen-bond donors (Lipinski definition) is 3. The lowest BCUT2D eigenvalue weighted by atomic mass is 10.1. The first-order chi connectivity index (χ1) is 8.81. The van der Waals surface area contributed by atoms with Gasteiger partial charge in [-0.2, -0.15) is 0 Å². The van der Waals surface area contributed by atoms with Crippen molar-refractivity contribution in [3.8, 4) is 0 Å². The van der Waals surface area contributed by atoms with Gasteiger partial charge in [-0.1, -0.05) is 0 Å². The van der Waals surface area contributed by atoms with E-state index in [4.69, 9.17) is 10.6 Å². The topological polar surface area (TPSA) is 89.3 Å². The van der Waals surface area contributed by atoms with Crippen molar-refractivity contribution < 1.29 is 9.53 Å². The Balaban J connectivity index is 1.90. The molecule has 18 heavy (non-hydrogen) atoms. The minimum Gasteiger partial charge on any atom is -0.376 e. The Morgan fingerprint density at radius 3 is 3.17 bits per heavy atom. The molecule has 4 N–H and O–H groups in total. The molecule has 0 aliphatic carbocycles. The third-order valence-electron chi connectivity index (χ3n) is 2.95. The van der Waals surface area contributed by atoms with Crippen LogP contribution >= 0.6 is 0 Å². The van der Waals surface area contributed by atoms with Crippen LogP contribution in [0.25, 0.3) is 0 Å². The number of hydrazine groups is 1. The van der Waals surface area contributed by atoms with Crippen LogP contribution in [0, 0.1) is 0 Å². The molecule has 1 aliphatic rings. The van der Waals surface area contributed by atoms with Crippen molar-refractivity contribution in [3.63, 3.8) is 0 Å². The number of hydrogen-bond acceptors (Lipinski definition) is 5. The number of anilines is 1. The second kappa shape index (κ2) is 6.32. The van der Waals surface area contributed by atoms with Gasteiger partial charge in [-0.05, 0) is 31.4 Å². The molecule has 0 aromatic carbocycles. The zero-order valence-corrected chi connectivity index (χ0v) is 10.2. The van der Waals surface area contributed by atoms with Gasteiger partial charge in [0.15, 0.2) is 5.82 Å². The zero-order chi connectivity index (χ0) is 12.8. The molecule has 1 aromatic heterocycles. The summed E-state index contributed by atoms with van der Waals surface area (Å²) in [4.78, 5) is 15.9. The van der Waals surface area contributed by atoms with Gasteiger partial charge in [0.2, 0.25) is 0 Å². The normalized spacial score (nSPS) is 19.3. The first-order valence-corrected chi connectivity index (χ1v) is 6.12. The van der Waals surface area contributed by atoms with Gasteiger partial charge < -0.3 is 15.5 Å². The zero-order valence-electron chi connectivity index (χ0n) is 10.2. The minimum atomic E-state index is -0.190. The summed E-state index contributed by atoms with van der Waals surface area (Å²) in [6.45, 7) is 1.31. The van der Waals surface area contributed by atoms with E-state index in [1.54, 1.807) is 18.3 Å². The Labute approximate surface area is 106 Å². The van der Waals surface area contributed by atoms with Gasteiger partial charge in [0, 0.05) is 19.3 Å². The van der Waals surface area contributed by atoms with Crippen LogP contribution in [0.15, 0.2) is 18.3 Å². The molecule has 1 amide bonds. The first kappa shape index (κ1) is 12.8. The lowest BCUT2D eigenvalue weighted by Gasteiger charge is -2.22. The maximum atomic E-state index is 12.0. The largest absolute Gasteiger partial charge is 0.376 e. The second-order valence-corrected chi connectivity index (χ2v) is 4.24. The van der Waals surface area contributed by atoms with Crippen molar-refractivity contribution in [3.05, 3.63) is 23.9 Å². The number of nitrogen functional groups attached to an aromatic ring is 1. The number of pyridine rings is 1. The van der Waals surface area contributed by atoms with Crippen LogP contribution in [-0.2, 0) is 4.74 Å². The molecule has 1 saturated heterocycles. The predicted octanol–water partition coefficient (Wildman–Crippen LogP) is 0.666. The highest BCUT2D eigenvalue weighted by Crippen LogP contribution is 2.13. The molecule has 2 heterocycles. The van der Waals surface area contributed by atoms with Gasteiger partial charge in [0.05, 0.1) is 11.7 Å². The Morgan fingerprint density at radius 1 is 1.56 bits per heavy atom. The molecule has 6 nitrogen and oxygen atoms in total. The van der Waals surface area contributed by atoms with E-state index in [0.717, 1.165) is 25.9 Å². The average Bonchev–Trinajstić information content (AvgIpc) is 2.45. The first-order valence-electron chi connectivity index (χ1n) is 6.12. The molecule has 1 atom stereocenters. The smallest absolute Gasteiger partial charge is 0.255 e. The number of rotatable bonds is 4. The van der Waals surface area contributed by atoms with Gasteiger partial charge in [-0.3, -0.25) is 4.79 Å². The lowest BCUT2D eigenvalue weighted by molar-refractivity contribution is 0.0169. The van der Waals surface area contributed by atoms with Crippen molar-refractivity contribution in [2.24, 2.45) is 5.84 Å². The van der Waals surface area contributed by atoms with E-state index in [1.807, 2.05) is 0 Å². The minimum absolute atomic E-state index is 0.119. The van der Waals surface area contributed by atoms with Crippen molar-refractivity contribution in [1.82, 2.24) is 10.3 Å². The molecule has 1 unspecified atom stereocenters. The van der Waals surface area contributed by atoms with Gasteiger partial charge in [-0.15, -0.1) is 0 Å². The van der Waals surface area contributed by atoms with E-state index in [9.17, 15) is 4.79 Å². The predicted molar refractivity (Wildman–Crippen MR) is 68.0 cm³/mol. The van der Waals surface area contributed by atoms with E-state index in [0.29, 0.717) is 17.9 Å². The van der Waals surface area contributed by atoms with Crippen molar-refractivity contribution in [2.45, 2.75) is 25.4 Å². The fraction of sp³-hybridized carbons (Fsp3) is 0.500. The molecule has 1 aromatic rings. The number of ether oxygens (including phenoxy) is 1. The summed E-state index contributed by atoms with van der Waals surface area (Å²) in [6.07, 6.45) is 4.96. The number of carbonyl (C=O) groups excluding carboxylic acids is 1. The van der Waals surface area contributed by atoms with Crippen LogP contribution in [0.5, 0.6) is 0 Å². The number of aromatic nitrogens is 1. The molecule has 0 bridgehead atoms. The molecule has 98 valence electrons. The summed E-state index contributed by atoms with van der Waals surface area (Å²) in [7, 11) is 0. The third-order valence-corrected chi connectivity index (χ3v) is 2.95. The molecule has 0 saturated carbocycles. The summed E-state index contributed by atoms with van der Waals surface area (Å²) in [5, 5.41) is 2.84. The monoisotopic (exact) mass is 250 g/mol. The summed E-state index contributed by atoms with van der Waals surface area (Å²) in [6, 6.07) is 3.38. The van der Waals surface area contributed by atoms with Crippen molar-refractivity contribution in [1.29, 1.82) is 0 Å². The van der Waals surface area contributed by atoms with Gasteiger partial charge in [0.25, 0.3) is 5.91 Å². The molecule has 6 heteroatoms. The number of nitrogens with zero attached hydrogens (tertiary/aromatic N) is 1. The Morgan fingerprint density at radius 2 is 2.44 bits per heavy atom. The van der Waals surface area contributed by atoms with Crippen LogP contribution in [0.1, 0.15) is 29.6 Å². The van der Waals surface area contributed by atoms with E-state index < -0.39 is 0 Å². The van der Waals surface area contributed by atoms with E-state index in [2.05, 4.69) is 15.7 Å². The third kappa shape index (κ3) is 3.18. The average molecular weight is 250 g/mol.